The zero-order valence-corrected chi connectivity index (χ0v) is 20.8. The van der Waals surface area contributed by atoms with Crippen molar-refractivity contribution in [2.75, 3.05) is 13.1 Å². The van der Waals surface area contributed by atoms with Gasteiger partial charge in [-0.3, -0.25) is 24.0 Å². The molecule has 0 aromatic carbocycles. The maximum atomic E-state index is 12.9. The predicted molar refractivity (Wildman–Crippen MR) is 127 cm³/mol. The third kappa shape index (κ3) is 10.8. The lowest BCUT2D eigenvalue weighted by Crippen LogP contribution is -2.55. The third-order valence-corrected chi connectivity index (χ3v) is 5.71. The van der Waals surface area contributed by atoms with Gasteiger partial charge in [-0.25, -0.2) is 0 Å². The number of carbonyl (C=O) groups is 5. The van der Waals surface area contributed by atoms with Crippen molar-refractivity contribution in [3.05, 3.63) is 0 Å². The first-order valence-electron chi connectivity index (χ1n) is 12.0. The highest BCUT2D eigenvalue weighted by molar-refractivity contribution is 5.95. The third-order valence-electron chi connectivity index (χ3n) is 5.71. The van der Waals surface area contributed by atoms with E-state index in [0.29, 0.717) is 19.4 Å². The molecule has 0 aromatic rings. The molecule has 1 fully saturated rings. The van der Waals surface area contributed by atoms with E-state index in [9.17, 15) is 24.0 Å². The summed E-state index contributed by atoms with van der Waals surface area (Å²) in [5.41, 5.74) is 10.4. The Bertz CT molecular complexity index is 668. The number of carbonyl (C=O) groups excluding carboxylic acids is 5. The van der Waals surface area contributed by atoms with E-state index >= 15 is 0 Å². The Hall–Kier alpha value is -2.49. The molecule has 1 aliphatic heterocycles. The molecule has 2 unspecified atom stereocenters. The number of nitrogens with one attached hydrogen (secondary N) is 2. The van der Waals surface area contributed by atoms with E-state index in [0.717, 1.165) is 6.42 Å². The molecular weight excluding hydrogens is 426 g/mol. The highest BCUT2D eigenvalue weighted by Gasteiger charge is 2.37. The van der Waals surface area contributed by atoms with Gasteiger partial charge in [-0.05, 0) is 32.6 Å². The zero-order valence-electron chi connectivity index (χ0n) is 20.8. The van der Waals surface area contributed by atoms with Crippen molar-refractivity contribution in [1.82, 2.24) is 15.5 Å². The molecule has 4 atom stereocenters. The average molecular weight is 470 g/mol. The summed E-state index contributed by atoms with van der Waals surface area (Å²) in [7, 11) is 0. The molecule has 0 saturated carbocycles. The van der Waals surface area contributed by atoms with Crippen LogP contribution in [0.4, 0.5) is 0 Å². The zero-order chi connectivity index (χ0) is 25.6. The Kier molecular flexibility index (Phi) is 15.0. The molecule has 10 heteroatoms. The van der Waals surface area contributed by atoms with E-state index in [-0.39, 0.29) is 37.0 Å². The van der Waals surface area contributed by atoms with E-state index in [2.05, 4.69) is 24.5 Å². The summed E-state index contributed by atoms with van der Waals surface area (Å²) in [5.74, 6) is -2.24. The largest absolute Gasteiger partial charge is 0.370 e. The summed E-state index contributed by atoms with van der Waals surface area (Å²) in [5, 5.41) is 4.99. The van der Waals surface area contributed by atoms with Gasteiger partial charge in [0, 0.05) is 18.9 Å². The van der Waals surface area contributed by atoms with Gasteiger partial charge in [0.25, 0.3) is 0 Å². The van der Waals surface area contributed by atoms with E-state index in [4.69, 9.17) is 11.5 Å². The van der Waals surface area contributed by atoms with Crippen LogP contribution in [0.1, 0.15) is 79.6 Å². The number of nitrogens with two attached hydrogens (primary N) is 2. The van der Waals surface area contributed by atoms with Gasteiger partial charge < -0.3 is 27.0 Å². The smallest absolute Gasteiger partial charge is 0.245 e. The van der Waals surface area contributed by atoms with Crippen LogP contribution in [0.15, 0.2) is 0 Å². The van der Waals surface area contributed by atoms with Crippen molar-refractivity contribution in [3.63, 3.8) is 0 Å². The Morgan fingerprint density at radius 2 is 1.64 bits per heavy atom. The van der Waals surface area contributed by atoms with Crippen LogP contribution in [0.5, 0.6) is 0 Å². The number of ketones is 1. The lowest BCUT2D eigenvalue weighted by atomic mass is 9.96. The summed E-state index contributed by atoms with van der Waals surface area (Å²) in [6.45, 7) is 9.80. The van der Waals surface area contributed by atoms with E-state index < -0.39 is 35.8 Å². The summed E-state index contributed by atoms with van der Waals surface area (Å²) in [6, 6.07) is -2.40. The standard InChI is InChI=1S/C19H33N5O5.C4H10/c1-4-11(2)17(27)14-6-5-9-24(14)19(29)12(3)22-18(28)13(7-8-15(21)25)23-16(26)10-20;1-3-4-2/h11-14H,4-10,20H2,1-3H3,(H2,21,25)(H,22,28)(H,23,26);3-4H2,1-2H3/t11?,12?,13-,14-;/m0./s1. The molecule has 0 bridgehead atoms. The molecule has 6 N–H and O–H groups in total. The molecule has 4 amide bonds. The maximum absolute atomic E-state index is 12.9. The number of primary amides is 1. The van der Waals surface area contributed by atoms with Crippen LogP contribution >= 0.6 is 0 Å². The molecule has 1 heterocycles. The number of hydrogen-bond acceptors (Lipinski definition) is 6. The van der Waals surface area contributed by atoms with Gasteiger partial charge in [0.2, 0.25) is 23.6 Å². The van der Waals surface area contributed by atoms with E-state index in [1.165, 1.54) is 24.7 Å². The van der Waals surface area contributed by atoms with Crippen LogP contribution < -0.4 is 22.1 Å². The van der Waals surface area contributed by atoms with Crippen molar-refractivity contribution in [2.45, 2.75) is 97.7 Å². The van der Waals surface area contributed by atoms with Crippen molar-refractivity contribution in [2.24, 2.45) is 17.4 Å². The highest BCUT2D eigenvalue weighted by Crippen LogP contribution is 2.23. The van der Waals surface area contributed by atoms with Gasteiger partial charge in [0.15, 0.2) is 5.78 Å². The SMILES string of the molecule is CCC(C)C(=O)[C@@H]1CCCN1C(=O)C(C)NC(=O)[C@H](CCC(N)=O)NC(=O)CN.CCCC. The summed E-state index contributed by atoms with van der Waals surface area (Å²) < 4.78 is 0. The van der Waals surface area contributed by atoms with Crippen LogP contribution in [0.2, 0.25) is 0 Å². The second kappa shape index (κ2) is 16.2. The Morgan fingerprint density at radius 1 is 1.03 bits per heavy atom. The van der Waals surface area contributed by atoms with Gasteiger partial charge in [-0.1, -0.05) is 40.5 Å². The highest BCUT2D eigenvalue weighted by atomic mass is 16.2. The minimum absolute atomic E-state index is 0.00728. The second-order valence-electron chi connectivity index (χ2n) is 8.46. The van der Waals surface area contributed by atoms with Crippen LogP contribution in [0.3, 0.4) is 0 Å². The second-order valence-corrected chi connectivity index (χ2v) is 8.46. The van der Waals surface area contributed by atoms with Gasteiger partial charge >= 0.3 is 0 Å². The lowest BCUT2D eigenvalue weighted by Gasteiger charge is -2.29. The van der Waals surface area contributed by atoms with Gasteiger partial charge in [0.1, 0.15) is 12.1 Å². The number of hydrogen-bond donors (Lipinski definition) is 4. The first kappa shape index (κ1) is 30.5. The molecular formula is C23H43N5O5. The minimum Gasteiger partial charge on any atom is -0.370 e. The van der Waals surface area contributed by atoms with Gasteiger partial charge in [0.05, 0.1) is 12.6 Å². The first-order chi connectivity index (χ1) is 15.5. The minimum atomic E-state index is -1.04. The number of nitrogens with zero attached hydrogens (tertiary/aromatic N) is 1. The van der Waals surface area contributed by atoms with Crippen molar-refractivity contribution in [1.29, 1.82) is 0 Å². The summed E-state index contributed by atoms with van der Waals surface area (Å²) in [6.07, 6.45) is 4.57. The van der Waals surface area contributed by atoms with Crippen molar-refractivity contribution in [3.8, 4) is 0 Å². The van der Waals surface area contributed by atoms with Gasteiger partial charge in [-0.15, -0.1) is 0 Å². The molecule has 33 heavy (non-hydrogen) atoms. The fourth-order valence-corrected chi connectivity index (χ4v) is 3.29. The van der Waals surface area contributed by atoms with Crippen molar-refractivity contribution >= 4 is 29.4 Å². The molecule has 10 nitrogen and oxygen atoms in total. The Morgan fingerprint density at radius 3 is 2.12 bits per heavy atom. The molecule has 1 aliphatic rings. The normalized spacial score (nSPS) is 17.8. The fraction of sp³-hybridized carbons (Fsp3) is 0.783. The molecule has 1 rings (SSSR count). The summed E-state index contributed by atoms with van der Waals surface area (Å²) in [4.78, 5) is 62.1. The molecule has 0 aromatic heterocycles. The number of amides is 4. The molecule has 190 valence electrons. The van der Waals surface area contributed by atoms with Crippen molar-refractivity contribution < 1.29 is 24.0 Å². The Balaban J connectivity index is 0.00000235. The predicted octanol–water partition coefficient (Wildman–Crippen LogP) is 0.613. The topological polar surface area (TPSA) is 165 Å². The Labute approximate surface area is 197 Å². The molecule has 0 aliphatic carbocycles. The van der Waals surface area contributed by atoms with Crippen LogP contribution in [0.25, 0.3) is 0 Å². The molecule has 0 radical (unpaired) electrons. The monoisotopic (exact) mass is 469 g/mol. The van der Waals surface area contributed by atoms with Gasteiger partial charge in [-0.2, -0.15) is 0 Å². The van der Waals surface area contributed by atoms with Crippen LogP contribution in [-0.2, 0) is 24.0 Å². The molecule has 0 spiro atoms. The number of unbranched alkanes of at least 4 members (excludes halogenated alkanes) is 1. The first-order valence-corrected chi connectivity index (χ1v) is 12.0. The number of Topliss-reactive ketones (excluding diaryl/α,β-unsaturated/α-hetero) is 1. The molecule has 1 saturated heterocycles. The lowest BCUT2D eigenvalue weighted by molar-refractivity contribution is -0.141. The van der Waals surface area contributed by atoms with E-state index in [1.54, 1.807) is 0 Å². The average Bonchev–Trinajstić information content (AvgIpc) is 3.29. The fourth-order valence-electron chi connectivity index (χ4n) is 3.29. The van der Waals surface area contributed by atoms with Crippen LogP contribution in [0, 0.1) is 5.92 Å². The maximum Gasteiger partial charge on any atom is 0.245 e. The number of likely N-dealkylation sites (tertiary alicyclic amines) is 1. The number of rotatable bonds is 12. The van der Waals surface area contributed by atoms with E-state index in [1.807, 2.05) is 13.8 Å². The van der Waals surface area contributed by atoms with Crippen LogP contribution in [-0.4, -0.2) is 65.5 Å². The summed E-state index contributed by atoms with van der Waals surface area (Å²) >= 11 is 0. The quantitative estimate of drug-likeness (QED) is 0.327.